The number of aromatic nitrogens is 2. The fourth-order valence-corrected chi connectivity index (χ4v) is 2.46. The first-order chi connectivity index (χ1) is 10.5. The highest BCUT2D eigenvalue weighted by atomic mass is 19.4. The number of nitrogens with one attached hydrogen (secondary N) is 2. The number of imidazole rings is 1. The number of hydrogen-bond donors (Lipinski definition) is 2. The van der Waals surface area contributed by atoms with Gasteiger partial charge in [0, 0.05) is 51.7 Å². The van der Waals surface area contributed by atoms with Crippen molar-refractivity contribution in [1.82, 2.24) is 25.1 Å². The number of alkyl halides is 3. The third-order valence-electron chi connectivity index (χ3n) is 3.46. The lowest BCUT2D eigenvalue weighted by Gasteiger charge is -2.19. The van der Waals surface area contributed by atoms with Gasteiger partial charge in [-0.1, -0.05) is 0 Å². The summed E-state index contributed by atoms with van der Waals surface area (Å²) in [6.07, 6.45) is 1.84. The summed E-state index contributed by atoms with van der Waals surface area (Å²) in [5, 5.41) is 6.31. The highest BCUT2D eigenvalue weighted by Gasteiger charge is 2.34. The molecule has 0 saturated carbocycles. The molecule has 2 rings (SSSR count). The van der Waals surface area contributed by atoms with Crippen molar-refractivity contribution < 1.29 is 13.2 Å². The van der Waals surface area contributed by atoms with E-state index in [9.17, 15) is 13.2 Å². The monoisotopic (exact) mass is 318 g/mol. The molecule has 0 aliphatic carbocycles. The van der Waals surface area contributed by atoms with E-state index in [1.54, 1.807) is 19.6 Å². The van der Waals surface area contributed by atoms with Crippen LogP contribution in [0.25, 0.3) is 0 Å². The molecule has 1 fully saturated rings. The highest BCUT2D eigenvalue weighted by molar-refractivity contribution is 5.79. The minimum absolute atomic E-state index is 0.0122. The Labute approximate surface area is 127 Å². The van der Waals surface area contributed by atoms with Crippen molar-refractivity contribution in [2.45, 2.75) is 25.2 Å². The Bertz CT molecular complexity index is 471. The fourth-order valence-electron chi connectivity index (χ4n) is 2.46. The quantitative estimate of drug-likeness (QED) is 0.619. The summed E-state index contributed by atoms with van der Waals surface area (Å²) in [6.45, 7) is 1.38. The molecule has 0 spiro atoms. The zero-order valence-electron chi connectivity index (χ0n) is 12.5. The van der Waals surface area contributed by atoms with Crippen LogP contribution in [0.2, 0.25) is 0 Å². The number of guanidine groups is 1. The van der Waals surface area contributed by atoms with Crippen molar-refractivity contribution in [2.75, 3.05) is 33.2 Å². The van der Waals surface area contributed by atoms with E-state index in [0.29, 0.717) is 32.0 Å². The van der Waals surface area contributed by atoms with E-state index >= 15 is 0 Å². The van der Waals surface area contributed by atoms with Gasteiger partial charge in [0.25, 0.3) is 0 Å². The lowest BCUT2D eigenvalue weighted by molar-refractivity contribution is -0.143. The largest absolute Gasteiger partial charge is 0.401 e. The Kier molecular flexibility index (Phi) is 5.64. The summed E-state index contributed by atoms with van der Waals surface area (Å²) in [5.41, 5.74) is 0. The number of hydrogen-bond acceptors (Lipinski definition) is 3. The first-order valence-electron chi connectivity index (χ1n) is 7.18. The van der Waals surface area contributed by atoms with Gasteiger partial charge in [0.1, 0.15) is 0 Å². The summed E-state index contributed by atoms with van der Waals surface area (Å²) in [6, 6.07) is -0.0122. The Morgan fingerprint density at radius 2 is 2.27 bits per heavy atom. The van der Waals surface area contributed by atoms with Crippen LogP contribution in [0.3, 0.4) is 0 Å². The summed E-state index contributed by atoms with van der Waals surface area (Å²) in [5.74, 6) is 0.610. The Balaban J connectivity index is 1.70. The molecule has 1 aliphatic heterocycles. The molecule has 1 aliphatic rings. The van der Waals surface area contributed by atoms with Crippen LogP contribution in [-0.4, -0.2) is 65.9 Å². The predicted octanol–water partition coefficient (Wildman–Crippen LogP) is 0.685. The summed E-state index contributed by atoms with van der Waals surface area (Å²) >= 11 is 0. The van der Waals surface area contributed by atoms with Crippen molar-refractivity contribution in [2.24, 2.45) is 4.99 Å². The van der Waals surface area contributed by atoms with Crippen molar-refractivity contribution in [1.29, 1.82) is 0 Å². The maximum atomic E-state index is 12.4. The fraction of sp³-hybridized carbons (Fsp3) is 0.692. The van der Waals surface area contributed by atoms with E-state index in [0.717, 1.165) is 6.54 Å². The van der Waals surface area contributed by atoms with Crippen molar-refractivity contribution in [3.8, 4) is 0 Å². The van der Waals surface area contributed by atoms with Crippen molar-refractivity contribution >= 4 is 5.96 Å². The number of likely N-dealkylation sites (tertiary alicyclic amines) is 1. The SMILES string of the molecule is CN=C(NCCn1ccnc1)NC1CCN(CC(F)(F)F)C1. The zero-order valence-corrected chi connectivity index (χ0v) is 12.5. The van der Waals surface area contributed by atoms with Gasteiger partial charge < -0.3 is 15.2 Å². The third kappa shape index (κ3) is 5.55. The van der Waals surface area contributed by atoms with Crippen molar-refractivity contribution in [3.05, 3.63) is 18.7 Å². The molecule has 124 valence electrons. The van der Waals surface area contributed by atoms with Gasteiger partial charge in [0.2, 0.25) is 0 Å². The van der Waals surface area contributed by atoms with Gasteiger partial charge in [0.05, 0.1) is 12.9 Å². The molecule has 0 aromatic carbocycles. The molecule has 2 heterocycles. The number of halogens is 3. The van der Waals surface area contributed by atoms with Crippen LogP contribution in [0, 0.1) is 0 Å². The zero-order chi connectivity index (χ0) is 16.0. The van der Waals surface area contributed by atoms with E-state index in [1.165, 1.54) is 4.90 Å². The standard InChI is InChI=1S/C13H21F3N6/c1-17-12(19-4-7-21-6-3-18-10-21)20-11-2-5-22(8-11)9-13(14,15)16/h3,6,10-11H,2,4-5,7-9H2,1H3,(H2,17,19,20). The molecule has 1 saturated heterocycles. The molecular formula is C13H21F3N6. The van der Waals surface area contributed by atoms with E-state index in [2.05, 4.69) is 20.6 Å². The second-order valence-electron chi connectivity index (χ2n) is 5.28. The van der Waals surface area contributed by atoms with Crippen LogP contribution in [-0.2, 0) is 6.54 Å². The average molecular weight is 318 g/mol. The van der Waals surface area contributed by atoms with Gasteiger partial charge in [-0.15, -0.1) is 0 Å². The lowest BCUT2D eigenvalue weighted by atomic mass is 10.3. The molecule has 6 nitrogen and oxygen atoms in total. The molecule has 22 heavy (non-hydrogen) atoms. The summed E-state index contributed by atoms with van der Waals surface area (Å²) < 4.78 is 39.0. The van der Waals surface area contributed by atoms with Gasteiger partial charge in [-0.25, -0.2) is 4.98 Å². The molecule has 0 amide bonds. The van der Waals surface area contributed by atoms with E-state index in [-0.39, 0.29) is 6.04 Å². The van der Waals surface area contributed by atoms with Gasteiger partial charge in [0.15, 0.2) is 5.96 Å². The van der Waals surface area contributed by atoms with Crippen LogP contribution in [0.4, 0.5) is 13.2 Å². The Morgan fingerprint density at radius 3 is 2.91 bits per heavy atom. The second-order valence-corrected chi connectivity index (χ2v) is 5.28. The molecule has 0 bridgehead atoms. The molecular weight excluding hydrogens is 297 g/mol. The molecule has 1 aromatic rings. The topological polar surface area (TPSA) is 57.5 Å². The van der Waals surface area contributed by atoms with Crippen molar-refractivity contribution in [3.63, 3.8) is 0 Å². The third-order valence-corrected chi connectivity index (χ3v) is 3.46. The minimum Gasteiger partial charge on any atom is -0.355 e. The molecule has 1 atom stereocenters. The van der Waals surface area contributed by atoms with Crippen LogP contribution >= 0.6 is 0 Å². The summed E-state index contributed by atoms with van der Waals surface area (Å²) in [7, 11) is 1.65. The van der Waals surface area contributed by atoms with E-state index in [4.69, 9.17) is 0 Å². The number of nitrogens with zero attached hydrogens (tertiary/aromatic N) is 4. The van der Waals surface area contributed by atoms with E-state index < -0.39 is 12.7 Å². The van der Waals surface area contributed by atoms with Gasteiger partial charge in [-0.3, -0.25) is 9.89 Å². The molecule has 0 radical (unpaired) electrons. The minimum atomic E-state index is -4.14. The predicted molar refractivity (Wildman–Crippen MR) is 77.6 cm³/mol. The first-order valence-corrected chi connectivity index (χ1v) is 7.18. The second kappa shape index (κ2) is 7.48. The molecule has 1 aromatic heterocycles. The first kappa shape index (κ1) is 16.6. The number of aliphatic imine (C=N–C) groups is 1. The van der Waals surface area contributed by atoms with Crippen LogP contribution < -0.4 is 10.6 Å². The highest BCUT2D eigenvalue weighted by Crippen LogP contribution is 2.19. The number of rotatable bonds is 5. The molecule has 1 unspecified atom stereocenters. The Hall–Kier alpha value is -1.77. The Morgan fingerprint density at radius 1 is 1.45 bits per heavy atom. The van der Waals surface area contributed by atoms with Gasteiger partial charge >= 0.3 is 6.18 Å². The van der Waals surface area contributed by atoms with Gasteiger partial charge in [-0.2, -0.15) is 13.2 Å². The van der Waals surface area contributed by atoms with E-state index in [1.807, 2.05) is 10.8 Å². The van der Waals surface area contributed by atoms with Crippen LogP contribution in [0.1, 0.15) is 6.42 Å². The normalized spacial score (nSPS) is 20.4. The average Bonchev–Trinajstić information content (AvgIpc) is 3.08. The lowest BCUT2D eigenvalue weighted by Crippen LogP contribution is -2.45. The smallest absolute Gasteiger partial charge is 0.355 e. The summed E-state index contributed by atoms with van der Waals surface area (Å²) in [4.78, 5) is 9.46. The van der Waals surface area contributed by atoms with Gasteiger partial charge in [-0.05, 0) is 6.42 Å². The van der Waals surface area contributed by atoms with Crippen LogP contribution in [0.15, 0.2) is 23.7 Å². The van der Waals surface area contributed by atoms with Crippen LogP contribution in [0.5, 0.6) is 0 Å². The molecule has 2 N–H and O–H groups in total. The maximum absolute atomic E-state index is 12.4. The maximum Gasteiger partial charge on any atom is 0.401 e. The molecule has 9 heteroatoms.